The molecule has 1 aliphatic heterocycles. The highest BCUT2D eigenvalue weighted by Crippen LogP contribution is 2.33. The smallest absolute Gasteiger partial charge is 0.320 e. The van der Waals surface area contributed by atoms with Crippen LogP contribution in [0.1, 0.15) is 12.6 Å². The van der Waals surface area contributed by atoms with Gasteiger partial charge in [-0.3, -0.25) is 9.36 Å². The molecule has 11 nitrogen and oxygen atoms in total. The van der Waals surface area contributed by atoms with Crippen molar-refractivity contribution in [2.24, 2.45) is 5.73 Å². The van der Waals surface area contributed by atoms with E-state index in [1.807, 2.05) is 0 Å². The van der Waals surface area contributed by atoms with Gasteiger partial charge in [-0.25, -0.2) is 4.98 Å². The van der Waals surface area contributed by atoms with E-state index < -0.39 is 36.6 Å². The number of hydrogen-bond acceptors (Lipinski definition) is 10. The molecule has 5 atom stereocenters. The predicted molar refractivity (Wildman–Crippen MR) is 98.2 cm³/mol. The van der Waals surface area contributed by atoms with Gasteiger partial charge in [-0.1, -0.05) is 0 Å². The second-order valence-corrected chi connectivity index (χ2v) is 7.54. The van der Waals surface area contributed by atoms with Crippen molar-refractivity contribution in [2.75, 3.05) is 17.2 Å². The number of carboxylic acid groups (broad SMARTS) is 1. The fourth-order valence-electron chi connectivity index (χ4n) is 2.73. The number of rotatable bonds is 7. The second-order valence-electron chi connectivity index (χ2n) is 6.06. The molecule has 0 spiro atoms. The minimum absolute atomic E-state index is 0.0725. The quantitative estimate of drug-likeness (QED) is 0.280. The van der Waals surface area contributed by atoms with Gasteiger partial charge in [-0.15, -0.1) is 0 Å². The molecule has 0 bridgehead atoms. The van der Waals surface area contributed by atoms with Crippen LogP contribution in [-0.2, 0) is 9.53 Å². The molecule has 148 valence electrons. The van der Waals surface area contributed by atoms with Crippen LogP contribution in [0, 0.1) is 0 Å². The highest BCUT2D eigenvalue weighted by Gasteiger charge is 2.44. The van der Waals surface area contributed by atoms with Crippen LogP contribution in [0.4, 0.5) is 5.82 Å². The summed E-state index contributed by atoms with van der Waals surface area (Å²) < 4.78 is 7.23. The van der Waals surface area contributed by atoms with Crippen molar-refractivity contribution >= 4 is 46.3 Å². The van der Waals surface area contributed by atoms with E-state index in [0.29, 0.717) is 17.0 Å². The number of nitrogens with two attached hydrogens (primary N) is 2. The number of fused-ring (bicyclic) bond motifs is 1. The van der Waals surface area contributed by atoms with Gasteiger partial charge in [0.25, 0.3) is 0 Å². The lowest BCUT2D eigenvalue weighted by atomic mass is 10.1. The Bertz CT molecular complexity index is 838. The number of aromatic nitrogens is 4. The van der Waals surface area contributed by atoms with Crippen LogP contribution in [0.2, 0.25) is 5.28 Å². The minimum atomic E-state index is -1.22. The number of imidazole rings is 1. The maximum absolute atomic E-state index is 10.7. The highest BCUT2D eigenvalue weighted by molar-refractivity contribution is 7.99. The molecular weight excluding hydrogens is 400 g/mol. The number of carboxylic acids is 1. The lowest BCUT2D eigenvalue weighted by Crippen LogP contribution is -2.33. The SMILES string of the molecule is Nc1nc(Cl)nc2c1ncn2[C@@H]1O[C@H](CSCCC(N)C(=O)O)[C@@H](O)[C@H]1O. The molecule has 0 radical (unpaired) electrons. The van der Waals surface area contributed by atoms with Gasteiger partial charge < -0.3 is 31.5 Å². The molecule has 1 aliphatic rings. The van der Waals surface area contributed by atoms with E-state index in [4.69, 9.17) is 32.9 Å². The van der Waals surface area contributed by atoms with E-state index in [0.717, 1.165) is 0 Å². The Hall–Kier alpha value is -1.70. The van der Waals surface area contributed by atoms with Crippen LogP contribution in [0.25, 0.3) is 11.2 Å². The van der Waals surface area contributed by atoms with Crippen molar-refractivity contribution in [3.8, 4) is 0 Å². The fourth-order valence-corrected chi connectivity index (χ4v) is 3.99. The molecule has 27 heavy (non-hydrogen) atoms. The van der Waals surface area contributed by atoms with E-state index in [9.17, 15) is 15.0 Å². The number of nitrogen functional groups attached to an aromatic ring is 1. The first-order valence-corrected chi connectivity index (χ1v) is 9.56. The highest BCUT2D eigenvalue weighted by atomic mass is 35.5. The van der Waals surface area contributed by atoms with Gasteiger partial charge in [0.15, 0.2) is 17.7 Å². The summed E-state index contributed by atoms with van der Waals surface area (Å²) in [7, 11) is 0. The number of carbonyl (C=O) groups is 1. The Morgan fingerprint density at radius 1 is 1.41 bits per heavy atom. The standard InChI is InChI=1S/C14H19ClN6O5S/c15-14-19-10(17)7-11(20-14)21(4-18-7)12-9(23)8(22)6(26-12)3-27-2-1-5(16)13(24)25/h4-6,8-9,12,22-23H,1-3,16H2,(H,24,25)(H2,17,19,20)/t5?,6-,8-,9-,12-/m1/s1. The normalized spacial score (nSPS) is 26.5. The fraction of sp³-hybridized carbons (Fsp3) is 0.571. The number of ether oxygens (including phenoxy) is 1. The molecule has 3 heterocycles. The molecule has 3 rings (SSSR count). The molecule has 0 aromatic carbocycles. The van der Waals surface area contributed by atoms with Crippen LogP contribution >= 0.6 is 23.4 Å². The van der Waals surface area contributed by atoms with Crippen molar-refractivity contribution in [3.05, 3.63) is 11.6 Å². The molecule has 2 aromatic heterocycles. The Labute approximate surface area is 162 Å². The summed E-state index contributed by atoms with van der Waals surface area (Å²) in [5.74, 6) is -0.131. The lowest BCUT2D eigenvalue weighted by Gasteiger charge is -2.16. The first kappa shape index (κ1) is 20.0. The summed E-state index contributed by atoms with van der Waals surface area (Å²) in [6.45, 7) is 0. The van der Waals surface area contributed by atoms with Crippen LogP contribution in [0.15, 0.2) is 6.33 Å². The van der Waals surface area contributed by atoms with Gasteiger partial charge in [-0.05, 0) is 23.8 Å². The first-order chi connectivity index (χ1) is 12.8. The monoisotopic (exact) mass is 418 g/mol. The van der Waals surface area contributed by atoms with Gasteiger partial charge >= 0.3 is 5.97 Å². The first-order valence-electron chi connectivity index (χ1n) is 8.03. The van der Waals surface area contributed by atoms with E-state index in [1.54, 1.807) is 0 Å². The summed E-state index contributed by atoms with van der Waals surface area (Å²) >= 11 is 7.21. The van der Waals surface area contributed by atoms with E-state index in [1.165, 1.54) is 22.7 Å². The third-order valence-electron chi connectivity index (χ3n) is 4.20. The maximum atomic E-state index is 10.7. The second kappa shape index (κ2) is 8.12. The summed E-state index contributed by atoms with van der Waals surface area (Å²) in [4.78, 5) is 22.7. The summed E-state index contributed by atoms with van der Waals surface area (Å²) in [6, 6.07) is -0.933. The summed E-state index contributed by atoms with van der Waals surface area (Å²) in [6.07, 6.45) is -2.28. The number of aliphatic hydroxyl groups is 2. The molecule has 1 unspecified atom stereocenters. The third-order valence-corrected chi connectivity index (χ3v) is 5.46. The summed E-state index contributed by atoms with van der Waals surface area (Å²) in [5, 5.41) is 29.4. The van der Waals surface area contributed by atoms with Gasteiger partial charge in [0.2, 0.25) is 5.28 Å². The number of anilines is 1. The van der Waals surface area contributed by atoms with Crippen LogP contribution in [-0.4, -0.2) is 76.7 Å². The third kappa shape index (κ3) is 4.10. The molecule has 7 N–H and O–H groups in total. The minimum Gasteiger partial charge on any atom is -0.480 e. The Balaban J connectivity index is 1.68. The maximum Gasteiger partial charge on any atom is 0.320 e. The number of nitrogens with zero attached hydrogens (tertiary/aromatic N) is 4. The van der Waals surface area contributed by atoms with Crippen molar-refractivity contribution in [1.29, 1.82) is 0 Å². The largest absolute Gasteiger partial charge is 0.480 e. The topological polar surface area (TPSA) is 183 Å². The molecule has 2 aromatic rings. The van der Waals surface area contributed by atoms with Gasteiger partial charge in [0.1, 0.15) is 23.8 Å². The molecule has 0 aliphatic carbocycles. The van der Waals surface area contributed by atoms with Gasteiger partial charge in [0, 0.05) is 5.75 Å². The average molecular weight is 419 g/mol. The zero-order chi connectivity index (χ0) is 19.7. The van der Waals surface area contributed by atoms with Gasteiger partial charge in [0.05, 0.1) is 12.4 Å². The number of aliphatic hydroxyl groups excluding tert-OH is 2. The summed E-state index contributed by atoms with van der Waals surface area (Å²) in [5.41, 5.74) is 11.8. The molecule has 0 amide bonds. The Kier molecular flexibility index (Phi) is 6.03. The zero-order valence-electron chi connectivity index (χ0n) is 14.0. The van der Waals surface area contributed by atoms with E-state index in [-0.39, 0.29) is 23.2 Å². The van der Waals surface area contributed by atoms with Crippen molar-refractivity contribution in [1.82, 2.24) is 19.5 Å². The number of thioether (sulfide) groups is 1. The lowest BCUT2D eigenvalue weighted by molar-refractivity contribution is -0.138. The van der Waals surface area contributed by atoms with Crippen LogP contribution < -0.4 is 11.5 Å². The molecule has 0 saturated carbocycles. The Morgan fingerprint density at radius 2 is 2.15 bits per heavy atom. The molecule has 13 heteroatoms. The van der Waals surface area contributed by atoms with Crippen LogP contribution in [0.3, 0.4) is 0 Å². The van der Waals surface area contributed by atoms with Crippen LogP contribution in [0.5, 0.6) is 0 Å². The van der Waals surface area contributed by atoms with Gasteiger partial charge in [-0.2, -0.15) is 21.7 Å². The predicted octanol–water partition coefficient (Wildman–Crippen LogP) is -0.784. The number of halogens is 1. The van der Waals surface area contributed by atoms with Crippen molar-refractivity contribution < 1.29 is 24.9 Å². The van der Waals surface area contributed by atoms with E-state index in [2.05, 4.69) is 15.0 Å². The number of hydrogen-bond donors (Lipinski definition) is 5. The molecule has 1 saturated heterocycles. The van der Waals surface area contributed by atoms with Crippen molar-refractivity contribution in [2.45, 2.75) is 37.0 Å². The van der Waals surface area contributed by atoms with E-state index >= 15 is 0 Å². The Morgan fingerprint density at radius 3 is 2.85 bits per heavy atom. The molecule has 1 fully saturated rings. The van der Waals surface area contributed by atoms with Crippen molar-refractivity contribution in [3.63, 3.8) is 0 Å². The molecular formula is C14H19ClN6O5S. The number of aliphatic carboxylic acids is 1. The zero-order valence-corrected chi connectivity index (χ0v) is 15.5. The average Bonchev–Trinajstić information content (AvgIpc) is 3.14.